The van der Waals surface area contributed by atoms with Gasteiger partial charge >= 0.3 is 0 Å². The Morgan fingerprint density at radius 2 is 2.13 bits per heavy atom. The predicted molar refractivity (Wildman–Crippen MR) is 95.3 cm³/mol. The molecule has 2 aromatic heterocycles. The van der Waals surface area contributed by atoms with Crippen LogP contribution in [0.2, 0.25) is 0 Å². The molecule has 1 amide bonds. The second kappa shape index (κ2) is 6.28. The van der Waals surface area contributed by atoms with Crippen molar-refractivity contribution < 1.29 is 4.79 Å². The Labute approximate surface area is 143 Å². The van der Waals surface area contributed by atoms with Crippen LogP contribution in [0.3, 0.4) is 0 Å². The van der Waals surface area contributed by atoms with Crippen molar-refractivity contribution in [3.05, 3.63) is 20.8 Å². The molecule has 2 aromatic rings. The highest BCUT2D eigenvalue weighted by molar-refractivity contribution is 8.00. The summed E-state index contributed by atoms with van der Waals surface area (Å²) in [6, 6.07) is 0. The molecule has 7 heteroatoms. The quantitative estimate of drug-likeness (QED) is 0.663. The Balaban J connectivity index is 2.17. The van der Waals surface area contributed by atoms with Crippen molar-refractivity contribution >= 4 is 39.2 Å². The highest BCUT2D eigenvalue weighted by Gasteiger charge is 2.24. The van der Waals surface area contributed by atoms with Crippen molar-refractivity contribution in [2.75, 3.05) is 0 Å². The number of carbonyl (C=O) groups is 1. The van der Waals surface area contributed by atoms with Gasteiger partial charge in [-0.15, -0.1) is 11.3 Å². The highest BCUT2D eigenvalue weighted by atomic mass is 32.2. The Morgan fingerprint density at radius 1 is 1.39 bits per heavy atom. The normalized spacial score (nSPS) is 15.3. The first-order valence-corrected chi connectivity index (χ1v) is 9.59. The second-order valence-corrected chi connectivity index (χ2v) is 8.80. The first kappa shape index (κ1) is 16.5. The molecule has 23 heavy (non-hydrogen) atoms. The number of carbonyl (C=O) groups excluding carboxylic acids is 1. The molecule has 0 fully saturated rings. The van der Waals surface area contributed by atoms with E-state index in [1.807, 2.05) is 0 Å². The van der Waals surface area contributed by atoms with Gasteiger partial charge in [-0.05, 0) is 37.7 Å². The molecule has 2 N–H and O–H groups in total. The van der Waals surface area contributed by atoms with E-state index in [1.54, 1.807) is 22.8 Å². The maximum Gasteiger partial charge on any atom is 0.263 e. The summed E-state index contributed by atoms with van der Waals surface area (Å²) in [7, 11) is 0. The molecule has 1 atom stereocenters. The van der Waals surface area contributed by atoms with Crippen LogP contribution in [-0.2, 0) is 24.2 Å². The van der Waals surface area contributed by atoms with Crippen LogP contribution in [0.4, 0.5) is 0 Å². The number of rotatable bonds is 5. The van der Waals surface area contributed by atoms with Gasteiger partial charge in [0.15, 0.2) is 5.16 Å². The van der Waals surface area contributed by atoms with Crippen molar-refractivity contribution in [3.8, 4) is 0 Å². The number of primary amides is 1. The SMILES string of the molecule is CC(C)Cn1c(S[C@@H](C)C(N)=O)nc2sc3c(c2c1=O)CCC3. The number of nitrogens with zero attached hydrogens (tertiary/aromatic N) is 2. The number of hydrogen-bond donors (Lipinski definition) is 1. The van der Waals surface area contributed by atoms with Gasteiger partial charge in [0.05, 0.1) is 10.6 Å². The van der Waals surface area contributed by atoms with E-state index in [1.165, 1.54) is 22.2 Å². The van der Waals surface area contributed by atoms with Gasteiger partial charge in [0.1, 0.15) is 4.83 Å². The fraction of sp³-hybridized carbons (Fsp3) is 0.562. The van der Waals surface area contributed by atoms with Gasteiger partial charge in [-0.1, -0.05) is 25.6 Å². The molecule has 124 valence electrons. The lowest BCUT2D eigenvalue weighted by molar-refractivity contribution is -0.117. The molecule has 0 aromatic carbocycles. The Kier molecular flexibility index (Phi) is 4.51. The van der Waals surface area contributed by atoms with E-state index in [0.29, 0.717) is 17.6 Å². The zero-order chi connectivity index (χ0) is 16.7. The third kappa shape index (κ3) is 3.04. The summed E-state index contributed by atoms with van der Waals surface area (Å²) in [5.41, 5.74) is 6.60. The standard InChI is InChI=1S/C16H21N3O2S2/c1-8(2)7-19-15(21)12-10-5-4-6-11(10)23-14(12)18-16(19)22-9(3)13(17)20/h8-9H,4-7H2,1-3H3,(H2,17,20)/t9-/m0/s1. The van der Waals surface area contributed by atoms with Crippen molar-refractivity contribution in [1.82, 2.24) is 9.55 Å². The first-order chi connectivity index (χ1) is 10.9. The number of thioether (sulfide) groups is 1. The van der Waals surface area contributed by atoms with Gasteiger partial charge in [-0.3, -0.25) is 14.2 Å². The molecule has 3 rings (SSSR count). The number of aryl methyl sites for hydroxylation is 2. The molecule has 0 spiro atoms. The number of nitrogens with two attached hydrogens (primary N) is 1. The van der Waals surface area contributed by atoms with Crippen molar-refractivity contribution in [3.63, 3.8) is 0 Å². The number of amides is 1. The van der Waals surface area contributed by atoms with Gasteiger partial charge < -0.3 is 5.73 Å². The predicted octanol–water partition coefficient (Wildman–Crippen LogP) is 2.57. The summed E-state index contributed by atoms with van der Waals surface area (Å²) in [4.78, 5) is 31.3. The smallest absolute Gasteiger partial charge is 0.263 e. The van der Waals surface area contributed by atoms with Crippen LogP contribution < -0.4 is 11.3 Å². The van der Waals surface area contributed by atoms with E-state index in [-0.39, 0.29) is 5.56 Å². The van der Waals surface area contributed by atoms with E-state index < -0.39 is 11.2 Å². The number of thiophene rings is 1. The van der Waals surface area contributed by atoms with Crippen LogP contribution >= 0.6 is 23.1 Å². The van der Waals surface area contributed by atoms with E-state index >= 15 is 0 Å². The van der Waals surface area contributed by atoms with Gasteiger partial charge in [-0.2, -0.15) is 0 Å². The number of aromatic nitrogens is 2. The minimum Gasteiger partial charge on any atom is -0.369 e. The lowest BCUT2D eigenvalue weighted by Crippen LogP contribution is -2.28. The number of hydrogen-bond acceptors (Lipinski definition) is 5. The molecule has 1 aliphatic carbocycles. The second-order valence-electron chi connectivity index (χ2n) is 6.40. The zero-order valence-corrected chi connectivity index (χ0v) is 15.2. The lowest BCUT2D eigenvalue weighted by Gasteiger charge is -2.15. The van der Waals surface area contributed by atoms with Gasteiger partial charge in [-0.25, -0.2) is 4.98 Å². The molecule has 5 nitrogen and oxygen atoms in total. The summed E-state index contributed by atoms with van der Waals surface area (Å²) in [5, 5.41) is 0.978. The lowest BCUT2D eigenvalue weighted by atomic mass is 10.2. The highest BCUT2D eigenvalue weighted by Crippen LogP contribution is 2.36. The van der Waals surface area contributed by atoms with E-state index in [2.05, 4.69) is 13.8 Å². The third-order valence-corrected chi connectivity index (χ3v) is 6.31. The first-order valence-electron chi connectivity index (χ1n) is 7.89. The largest absolute Gasteiger partial charge is 0.369 e. The molecule has 2 heterocycles. The minimum absolute atomic E-state index is 0.0299. The number of fused-ring (bicyclic) bond motifs is 3. The summed E-state index contributed by atoms with van der Waals surface area (Å²) < 4.78 is 1.72. The van der Waals surface area contributed by atoms with Gasteiger partial charge in [0.2, 0.25) is 5.91 Å². The topological polar surface area (TPSA) is 78.0 Å². The van der Waals surface area contributed by atoms with Gasteiger partial charge in [0.25, 0.3) is 5.56 Å². The zero-order valence-electron chi connectivity index (χ0n) is 13.6. The Morgan fingerprint density at radius 3 is 2.78 bits per heavy atom. The Bertz CT molecular complexity index is 823. The van der Waals surface area contributed by atoms with Crippen molar-refractivity contribution in [1.29, 1.82) is 0 Å². The van der Waals surface area contributed by atoms with Crippen molar-refractivity contribution in [2.45, 2.75) is 57.0 Å². The van der Waals surface area contributed by atoms with Crippen LogP contribution in [0.5, 0.6) is 0 Å². The molecular weight excluding hydrogens is 330 g/mol. The summed E-state index contributed by atoms with van der Waals surface area (Å²) in [6.07, 6.45) is 3.13. The average molecular weight is 351 g/mol. The van der Waals surface area contributed by atoms with E-state index in [4.69, 9.17) is 10.7 Å². The van der Waals surface area contributed by atoms with Gasteiger partial charge in [0, 0.05) is 11.4 Å². The fourth-order valence-corrected chi connectivity index (χ4v) is 5.06. The van der Waals surface area contributed by atoms with Crippen LogP contribution in [0, 0.1) is 5.92 Å². The molecule has 0 bridgehead atoms. The third-order valence-electron chi connectivity index (χ3n) is 4.02. The Hall–Kier alpha value is -1.34. The molecule has 0 unspecified atom stereocenters. The minimum atomic E-state index is -0.412. The molecule has 0 radical (unpaired) electrons. The maximum absolute atomic E-state index is 13.1. The van der Waals surface area contributed by atoms with Crippen LogP contribution in [0.15, 0.2) is 9.95 Å². The molecular formula is C16H21N3O2S2. The van der Waals surface area contributed by atoms with Crippen LogP contribution in [-0.4, -0.2) is 20.7 Å². The van der Waals surface area contributed by atoms with Crippen molar-refractivity contribution in [2.24, 2.45) is 11.7 Å². The van der Waals surface area contributed by atoms with Crippen LogP contribution in [0.1, 0.15) is 37.6 Å². The average Bonchev–Trinajstić information content (AvgIpc) is 3.02. The fourth-order valence-electron chi connectivity index (χ4n) is 2.89. The monoisotopic (exact) mass is 351 g/mol. The van der Waals surface area contributed by atoms with E-state index in [9.17, 15) is 9.59 Å². The summed E-state index contributed by atoms with van der Waals surface area (Å²) in [6.45, 7) is 6.49. The molecule has 0 saturated carbocycles. The van der Waals surface area contributed by atoms with Crippen LogP contribution in [0.25, 0.3) is 10.2 Å². The maximum atomic E-state index is 13.1. The molecule has 0 saturated heterocycles. The molecule has 1 aliphatic rings. The molecule has 0 aliphatic heterocycles. The summed E-state index contributed by atoms with van der Waals surface area (Å²) in [5.74, 6) is -0.0732. The summed E-state index contributed by atoms with van der Waals surface area (Å²) >= 11 is 2.90. The van der Waals surface area contributed by atoms with E-state index in [0.717, 1.165) is 29.5 Å².